The zero-order valence-electron chi connectivity index (χ0n) is 12.0. The summed E-state index contributed by atoms with van der Waals surface area (Å²) >= 11 is 1.42. The highest BCUT2D eigenvalue weighted by atomic mass is 32.1. The third-order valence-corrected chi connectivity index (χ3v) is 4.04. The third kappa shape index (κ3) is 3.43. The first-order chi connectivity index (χ1) is 10.6. The predicted molar refractivity (Wildman–Crippen MR) is 84.4 cm³/mol. The van der Waals surface area contributed by atoms with E-state index in [-0.39, 0.29) is 18.4 Å². The minimum atomic E-state index is -0.250. The molecule has 0 fully saturated rings. The van der Waals surface area contributed by atoms with Crippen LogP contribution in [0.4, 0.5) is 10.8 Å². The molecular weight excluding hydrogens is 302 g/mol. The van der Waals surface area contributed by atoms with E-state index < -0.39 is 0 Å². The second-order valence-electron chi connectivity index (χ2n) is 4.98. The Labute approximate surface area is 131 Å². The first-order valence-electron chi connectivity index (χ1n) is 6.88. The molecule has 1 aromatic heterocycles. The number of aromatic nitrogens is 1. The summed E-state index contributed by atoms with van der Waals surface area (Å²) in [5, 5.41) is 6.06. The minimum absolute atomic E-state index is 0.0271. The second kappa shape index (κ2) is 6.15. The van der Waals surface area contributed by atoms with Gasteiger partial charge in [0.25, 0.3) is 5.91 Å². The average Bonchev–Trinajstić information content (AvgIpc) is 2.90. The van der Waals surface area contributed by atoms with E-state index in [9.17, 15) is 9.59 Å². The van der Waals surface area contributed by atoms with E-state index in [0.717, 1.165) is 16.1 Å². The zero-order valence-corrected chi connectivity index (χ0v) is 12.8. The summed E-state index contributed by atoms with van der Waals surface area (Å²) < 4.78 is 5.49. The van der Waals surface area contributed by atoms with Crippen LogP contribution in [0.5, 0.6) is 5.75 Å². The van der Waals surface area contributed by atoms with Gasteiger partial charge >= 0.3 is 0 Å². The maximum Gasteiger partial charge on any atom is 0.264 e. The van der Waals surface area contributed by atoms with Crippen LogP contribution in [0.2, 0.25) is 0 Å². The van der Waals surface area contributed by atoms with Crippen LogP contribution < -0.4 is 15.4 Å². The number of carbonyl (C=O) groups is 2. The van der Waals surface area contributed by atoms with E-state index in [1.165, 1.54) is 11.3 Å². The minimum Gasteiger partial charge on any atom is -0.484 e. The first-order valence-corrected chi connectivity index (χ1v) is 7.69. The normalized spacial score (nSPS) is 13.2. The van der Waals surface area contributed by atoms with Crippen LogP contribution >= 0.6 is 11.3 Å². The van der Waals surface area contributed by atoms with Gasteiger partial charge in [-0.25, -0.2) is 4.98 Å². The van der Waals surface area contributed by atoms with Crippen molar-refractivity contribution in [3.05, 3.63) is 34.8 Å². The Bertz CT molecular complexity index is 727. The van der Waals surface area contributed by atoms with Gasteiger partial charge in [0, 0.05) is 23.2 Å². The molecule has 2 N–H and O–H groups in total. The molecule has 2 amide bonds. The largest absolute Gasteiger partial charge is 0.484 e. The van der Waals surface area contributed by atoms with E-state index in [1.807, 2.05) is 13.0 Å². The molecule has 1 aliphatic heterocycles. The Morgan fingerprint density at radius 1 is 1.45 bits per heavy atom. The molecule has 0 aliphatic carbocycles. The number of thiazole rings is 1. The smallest absolute Gasteiger partial charge is 0.264 e. The van der Waals surface area contributed by atoms with Crippen LogP contribution in [0.3, 0.4) is 0 Å². The fourth-order valence-corrected chi connectivity index (χ4v) is 2.85. The van der Waals surface area contributed by atoms with Crippen LogP contribution in [-0.2, 0) is 16.0 Å². The number of nitrogens with one attached hydrogen (secondary N) is 2. The molecule has 7 heteroatoms. The molecule has 2 aromatic rings. The zero-order chi connectivity index (χ0) is 15.5. The summed E-state index contributed by atoms with van der Waals surface area (Å²) in [6.07, 6.45) is 2.86. The molecular formula is C15H15N3O3S. The van der Waals surface area contributed by atoms with Crippen molar-refractivity contribution in [1.82, 2.24) is 4.98 Å². The molecule has 0 saturated heterocycles. The van der Waals surface area contributed by atoms with Crippen LogP contribution in [0.15, 0.2) is 24.4 Å². The fraction of sp³-hybridized carbons (Fsp3) is 0.267. The Balaban J connectivity index is 1.57. The molecule has 0 radical (unpaired) electrons. The molecule has 22 heavy (non-hydrogen) atoms. The van der Waals surface area contributed by atoms with E-state index >= 15 is 0 Å². The predicted octanol–water partition coefficient (Wildman–Crippen LogP) is 2.35. The monoisotopic (exact) mass is 317 g/mol. The number of hydrogen-bond donors (Lipinski definition) is 2. The van der Waals surface area contributed by atoms with Gasteiger partial charge in [0.2, 0.25) is 5.91 Å². The lowest BCUT2D eigenvalue weighted by Crippen LogP contribution is -2.21. The van der Waals surface area contributed by atoms with Gasteiger partial charge in [0.1, 0.15) is 5.75 Å². The van der Waals surface area contributed by atoms with Crippen molar-refractivity contribution in [2.24, 2.45) is 0 Å². The number of benzene rings is 1. The number of carbonyl (C=O) groups excluding carboxylic acids is 2. The fourth-order valence-electron chi connectivity index (χ4n) is 2.17. The summed E-state index contributed by atoms with van der Waals surface area (Å²) in [7, 11) is 0. The van der Waals surface area contributed by atoms with Crippen molar-refractivity contribution >= 4 is 34.0 Å². The highest BCUT2D eigenvalue weighted by Gasteiger charge is 2.15. The molecule has 1 aliphatic rings. The number of hydrogen-bond acceptors (Lipinski definition) is 5. The lowest BCUT2D eigenvalue weighted by atomic mass is 10.0. The number of amides is 2. The van der Waals surface area contributed by atoms with Crippen LogP contribution in [0.25, 0.3) is 0 Å². The SMILES string of the molecule is Cc1cnc(NC(=O)COc2ccc3c(c2)CCC(=O)N3)s1. The average molecular weight is 317 g/mol. The number of ether oxygens (including phenoxy) is 1. The molecule has 3 rings (SSSR count). The van der Waals surface area contributed by atoms with E-state index in [0.29, 0.717) is 23.7 Å². The van der Waals surface area contributed by atoms with Gasteiger partial charge in [0.05, 0.1) is 0 Å². The maximum atomic E-state index is 11.8. The van der Waals surface area contributed by atoms with Gasteiger partial charge < -0.3 is 10.1 Å². The standard InChI is InChI=1S/C15H15N3O3S/c1-9-7-16-15(22-9)18-14(20)8-21-11-3-4-12-10(6-11)2-5-13(19)17-12/h3-4,6-7H,2,5,8H2,1H3,(H,17,19)(H,16,18,20). The molecule has 1 aromatic carbocycles. The van der Waals surface area contributed by atoms with Crippen molar-refractivity contribution in [2.45, 2.75) is 19.8 Å². The quantitative estimate of drug-likeness (QED) is 0.907. The topological polar surface area (TPSA) is 80.3 Å². The lowest BCUT2D eigenvalue weighted by molar-refractivity contribution is -0.118. The first kappa shape index (κ1) is 14.5. The molecule has 6 nitrogen and oxygen atoms in total. The van der Waals surface area contributed by atoms with Crippen molar-refractivity contribution in [3.63, 3.8) is 0 Å². The number of nitrogens with zero attached hydrogens (tertiary/aromatic N) is 1. The summed E-state index contributed by atoms with van der Waals surface area (Å²) in [4.78, 5) is 28.2. The number of fused-ring (bicyclic) bond motifs is 1. The van der Waals surface area contributed by atoms with Gasteiger partial charge in [0.15, 0.2) is 11.7 Å². The molecule has 0 bridgehead atoms. The second-order valence-corrected chi connectivity index (χ2v) is 6.21. The maximum absolute atomic E-state index is 11.8. The molecule has 2 heterocycles. The Hall–Kier alpha value is -2.41. The van der Waals surface area contributed by atoms with Crippen LogP contribution in [0, 0.1) is 6.92 Å². The van der Waals surface area contributed by atoms with E-state index in [2.05, 4.69) is 15.6 Å². The number of rotatable bonds is 4. The summed E-state index contributed by atoms with van der Waals surface area (Å²) in [5.74, 6) is 0.389. The van der Waals surface area contributed by atoms with Crippen molar-refractivity contribution in [1.29, 1.82) is 0 Å². The van der Waals surface area contributed by atoms with Gasteiger partial charge in [-0.2, -0.15) is 0 Å². The Kier molecular flexibility index (Phi) is 4.06. The van der Waals surface area contributed by atoms with Gasteiger partial charge in [-0.1, -0.05) is 0 Å². The Morgan fingerprint density at radius 3 is 3.09 bits per heavy atom. The van der Waals surface area contributed by atoms with E-state index in [1.54, 1.807) is 18.3 Å². The molecule has 0 unspecified atom stereocenters. The Morgan fingerprint density at radius 2 is 2.32 bits per heavy atom. The van der Waals surface area contributed by atoms with Crippen molar-refractivity contribution in [2.75, 3.05) is 17.2 Å². The van der Waals surface area contributed by atoms with Gasteiger partial charge in [-0.15, -0.1) is 11.3 Å². The summed E-state index contributed by atoms with van der Waals surface area (Å²) in [6, 6.07) is 5.39. The third-order valence-electron chi connectivity index (χ3n) is 3.21. The lowest BCUT2D eigenvalue weighted by Gasteiger charge is -2.17. The van der Waals surface area contributed by atoms with Gasteiger partial charge in [-0.05, 0) is 37.1 Å². The summed E-state index contributed by atoms with van der Waals surface area (Å²) in [6.45, 7) is 1.85. The van der Waals surface area contributed by atoms with Gasteiger partial charge in [-0.3, -0.25) is 14.9 Å². The highest BCUT2D eigenvalue weighted by Crippen LogP contribution is 2.26. The molecule has 0 saturated carbocycles. The summed E-state index contributed by atoms with van der Waals surface area (Å²) in [5.41, 5.74) is 1.83. The number of aryl methyl sites for hydroxylation is 2. The van der Waals surface area contributed by atoms with Crippen molar-refractivity contribution in [3.8, 4) is 5.75 Å². The number of anilines is 2. The molecule has 0 spiro atoms. The molecule has 114 valence electrons. The van der Waals surface area contributed by atoms with Crippen LogP contribution in [-0.4, -0.2) is 23.4 Å². The van der Waals surface area contributed by atoms with Crippen molar-refractivity contribution < 1.29 is 14.3 Å². The highest BCUT2D eigenvalue weighted by molar-refractivity contribution is 7.15. The van der Waals surface area contributed by atoms with E-state index in [4.69, 9.17) is 4.74 Å². The molecule has 0 atom stereocenters. The van der Waals surface area contributed by atoms with Crippen LogP contribution in [0.1, 0.15) is 16.9 Å².